The number of benzene rings is 17. The van der Waals surface area contributed by atoms with Gasteiger partial charge < -0.3 is 23.7 Å². The number of rotatable bonds is 11. The first kappa shape index (κ1) is 49.8. The summed E-state index contributed by atoms with van der Waals surface area (Å²) in [4.78, 5) is 4.44. The summed E-state index contributed by atoms with van der Waals surface area (Å²) in [7, 11) is 0. The molecule has 532 valence electrons. The Kier molecular flexibility index (Phi) is 11.4. The molecular formula is C107H75BN4O. The molecule has 2 aromatic heterocycles. The number of hydrogen-bond acceptors (Lipinski definition) is 3. The first-order chi connectivity index (χ1) is 63.1. The number of ether oxygens (including phenoxy) is 1. The number of nitrogens with zero attached hydrogens (tertiary/aromatic N) is 4. The fraction of sp³-hybridized carbons (Fsp3) is 0.0467. The molecule has 0 amide bonds. The van der Waals surface area contributed by atoms with E-state index in [4.69, 9.17) is 7.48 Å². The van der Waals surface area contributed by atoms with Crippen molar-refractivity contribution in [3.05, 3.63) is 428 Å². The molecule has 6 heteroatoms. The Morgan fingerprint density at radius 3 is 1.30 bits per heavy atom. The van der Waals surface area contributed by atoms with Crippen LogP contribution in [-0.4, -0.2) is 15.8 Å². The van der Waals surface area contributed by atoms with Crippen LogP contribution in [0.15, 0.2) is 400 Å². The van der Waals surface area contributed by atoms with E-state index in [-0.39, 0.29) is 95.2 Å². The predicted molar refractivity (Wildman–Crippen MR) is 473 cm³/mol. The maximum absolute atomic E-state index is 11.4. The molecule has 0 atom stereocenters. The summed E-state index contributed by atoms with van der Waals surface area (Å²) >= 11 is 0. The summed E-state index contributed by atoms with van der Waals surface area (Å²) in [5.41, 5.74) is 15.5. The lowest BCUT2D eigenvalue weighted by Crippen LogP contribution is -2.59. The van der Waals surface area contributed by atoms with Gasteiger partial charge in [0.15, 0.2) is 0 Å². The van der Waals surface area contributed by atoms with E-state index >= 15 is 0 Å². The molecule has 113 heavy (non-hydrogen) atoms. The largest absolute Gasteiger partial charge is 0.458 e. The van der Waals surface area contributed by atoms with Crippen LogP contribution in [0.2, 0.25) is 0 Å². The zero-order valence-electron chi connectivity index (χ0n) is 79.5. The molecule has 0 spiro atoms. The molecule has 5 nitrogen and oxygen atoms in total. The number of aromatic nitrogens is 2. The van der Waals surface area contributed by atoms with Gasteiger partial charge in [0.2, 0.25) is 0 Å². The smallest absolute Gasteiger partial charge is 0.256 e. The second-order valence-corrected chi connectivity index (χ2v) is 30.1. The summed E-state index contributed by atoms with van der Waals surface area (Å²) in [6, 6.07) is 88.1. The molecule has 0 saturated heterocycles. The molecular weight excluding hydrogens is 1370 g/mol. The van der Waals surface area contributed by atoms with Crippen molar-refractivity contribution in [2.75, 3.05) is 9.80 Å². The van der Waals surface area contributed by atoms with E-state index in [1.165, 1.54) is 21.3 Å². The molecule has 0 N–H and O–H groups in total. The Bertz CT molecular complexity index is 7870. The number of fused-ring (bicyclic) bond motifs is 12. The van der Waals surface area contributed by atoms with E-state index in [1.54, 1.807) is 6.07 Å². The minimum Gasteiger partial charge on any atom is -0.458 e. The fourth-order valence-electron chi connectivity index (χ4n) is 17.8. The first-order valence-electron chi connectivity index (χ1n) is 46.8. The monoisotopic (exact) mass is 1460 g/mol. The highest BCUT2D eigenvalue weighted by Crippen LogP contribution is 2.60. The Hall–Kier alpha value is -14.2. The second-order valence-electron chi connectivity index (χ2n) is 30.1. The van der Waals surface area contributed by atoms with Crippen LogP contribution in [0.3, 0.4) is 0 Å². The van der Waals surface area contributed by atoms with Gasteiger partial charge in [-0.3, -0.25) is 0 Å². The van der Waals surface area contributed by atoms with Crippen molar-refractivity contribution >= 4 is 101 Å². The topological polar surface area (TPSA) is 25.6 Å². The van der Waals surface area contributed by atoms with Crippen LogP contribution in [0, 0.1) is 0 Å². The number of para-hydroxylation sites is 6. The third-order valence-electron chi connectivity index (χ3n) is 22.8. The fourth-order valence-corrected chi connectivity index (χ4v) is 17.8. The molecule has 17 aromatic carbocycles. The molecule has 5 heterocycles. The summed E-state index contributed by atoms with van der Waals surface area (Å²) in [5.74, 6) is 0.269. The van der Waals surface area contributed by atoms with Gasteiger partial charge in [0.05, 0.1) is 69.2 Å². The second kappa shape index (κ2) is 26.0. The zero-order chi connectivity index (χ0) is 90.7. The van der Waals surface area contributed by atoms with Gasteiger partial charge in [0.1, 0.15) is 11.5 Å². The minimum atomic E-state index is -1.21. The molecule has 19 aromatic rings. The van der Waals surface area contributed by atoms with Gasteiger partial charge >= 0.3 is 0 Å². The lowest BCUT2D eigenvalue weighted by molar-refractivity contribution is 0.487. The Morgan fingerprint density at radius 1 is 0.310 bits per heavy atom. The summed E-state index contributed by atoms with van der Waals surface area (Å²) in [5, 5.41) is -0.706. The molecule has 3 aliphatic heterocycles. The minimum absolute atomic E-state index is 0.0288. The number of hydrogen-bond donors (Lipinski definition) is 0. The average Bonchev–Trinajstić information content (AvgIpc) is 1.55. The SMILES string of the molecule is [2H]c1cc(-n2c3c([2H])c([2H])c([2H])c([2H])c3c3c([2H])c([2H])c([2H])c([2H])c32)cc2c1B1c3c([2H])cc(-n4c5c([2H])c([2H])c([2H])c([2H])c5c5c([2H])c([2H])c([2H])c([2H])c54)cc3N(c3c(-c4cccc(-c5ccccc5)c4)cc(C(C)(C)C)cc3-c3cccc(-c4ccccc4)c3)c3cc(-c4ccc5c(c4)C(c4ccccc4)(c4ccccc4)c4ccccc4N5c4ccccc4)cc(c31)O2. The molecule has 3 aliphatic rings. The molecule has 0 fully saturated rings. The van der Waals surface area contributed by atoms with E-state index in [0.29, 0.717) is 39.1 Å². The van der Waals surface area contributed by atoms with Crippen molar-refractivity contribution in [1.29, 1.82) is 0 Å². The van der Waals surface area contributed by atoms with Crippen molar-refractivity contribution < 1.29 is 29.4 Å². The van der Waals surface area contributed by atoms with Crippen LogP contribution < -0.4 is 30.9 Å². The van der Waals surface area contributed by atoms with E-state index in [2.05, 4.69) is 213 Å². The zero-order valence-corrected chi connectivity index (χ0v) is 61.5. The maximum Gasteiger partial charge on any atom is 0.256 e. The lowest BCUT2D eigenvalue weighted by atomic mass is 9.34. The lowest BCUT2D eigenvalue weighted by Gasteiger charge is -2.46. The molecule has 0 saturated carbocycles. The normalized spacial score (nSPS) is 15.4. The van der Waals surface area contributed by atoms with E-state index in [1.807, 2.05) is 91.0 Å². The van der Waals surface area contributed by atoms with Crippen LogP contribution in [0.1, 0.15) is 73.3 Å². The molecule has 0 aliphatic carbocycles. The van der Waals surface area contributed by atoms with Gasteiger partial charge in [-0.1, -0.05) is 306 Å². The Balaban J connectivity index is 0.930. The third kappa shape index (κ3) is 10.4. The summed E-state index contributed by atoms with van der Waals surface area (Å²) in [6.07, 6.45) is 0. The van der Waals surface area contributed by atoms with Crippen molar-refractivity contribution in [1.82, 2.24) is 9.13 Å². The van der Waals surface area contributed by atoms with Gasteiger partial charge in [-0.25, -0.2) is 0 Å². The average molecular weight is 1460 g/mol. The van der Waals surface area contributed by atoms with E-state index in [9.17, 15) is 21.9 Å². The van der Waals surface area contributed by atoms with Crippen molar-refractivity contribution in [2.45, 2.75) is 31.6 Å². The number of anilines is 6. The summed E-state index contributed by atoms with van der Waals surface area (Å²) in [6.45, 7) is 5.30. The highest BCUT2D eigenvalue weighted by molar-refractivity contribution is 6.99. The maximum atomic E-state index is 11.4. The highest BCUT2D eigenvalue weighted by atomic mass is 16.5. The van der Waals surface area contributed by atoms with Crippen molar-refractivity contribution in [2.24, 2.45) is 0 Å². The van der Waals surface area contributed by atoms with E-state index < -0.39 is 114 Å². The highest BCUT2D eigenvalue weighted by Gasteiger charge is 2.48. The molecule has 0 radical (unpaired) electrons. The molecule has 0 unspecified atom stereocenters. The van der Waals surface area contributed by atoms with Crippen LogP contribution in [0.5, 0.6) is 11.5 Å². The molecule has 0 bridgehead atoms. The van der Waals surface area contributed by atoms with Gasteiger partial charge in [-0.2, -0.15) is 0 Å². The Morgan fingerprint density at radius 2 is 0.761 bits per heavy atom. The van der Waals surface area contributed by atoms with E-state index in [0.717, 1.165) is 78.3 Å². The van der Waals surface area contributed by atoms with Crippen LogP contribution in [-0.2, 0) is 10.8 Å². The van der Waals surface area contributed by atoms with Crippen LogP contribution in [0.25, 0.3) is 111 Å². The van der Waals surface area contributed by atoms with Gasteiger partial charge in [0, 0.05) is 67.2 Å². The van der Waals surface area contributed by atoms with Gasteiger partial charge in [-0.05, 0) is 203 Å². The molecule has 22 rings (SSSR count). The van der Waals surface area contributed by atoms with Gasteiger partial charge in [-0.15, -0.1) is 0 Å². The first-order valence-corrected chi connectivity index (χ1v) is 37.8. The van der Waals surface area contributed by atoms with Gasteiger partial charge in [0.25, 0.3) is 6.71 Å². The van der Waals surface area contributed by atoms with Crippen LogP contribution >= 0.6 is 0 Å². The Labute approximate surface area is 683 Å². The van der Waals surface area contributed by atoms with Crippen molar-refractivity contribution in [3.63, 3.8) is 0 Å². The third-order valence-corrected chi connectivity index (χ3v) is 22.8. The quantitative estimate of drug-likeness (QED) is 0.121. The van der Waals surface area contributed by atoms with Crippen molar-refractivity contribution in [3.8, 4) is 78.5 Å². The summed E-state index contributed by atoms with van der Waals surface area (Å²) < 4.78 is 184. The standard InChI is InChI=1S/C107H75BN4O/c1-106(2,3)80-66-88(75-37-29-35-72(61-75)70-31-9-4-10-32-70)105(89(67-80)76-38-30-36-73(62-76)71-33-11-5-12-34-71)112-100-68-82(110-94-50-24-19-45-84(94)85-46-20-25-51-95(85)110)56-58-92(100)108-93-59-57-83(111-96-52-26-21-47-86(96)87-48-22-27-53-97(87)111)69-102(93)113-103-65-77(64-101(112)104(103)108)74-55-60-99-91(63-74)107(78-39-13-6-14-40-78,79-41-15-7-16-42-79)90-49-23-28-54-98(90)109(99)81-43-17-8-18-44-81/h4-69H,1-3H3/i19D,20D,21D,22D,24D,25D,26D,27D,45D,46D,47D,48D,50D,51D,52D,53D,58D,59D. The predicted octanol–water partition coefficient (Wildman–Crippen LogP) is 26.1. The van der Waals surface area contributed by atoms with Crippen LogP contribution in [0.4, 0.5) is 34.1 Å².